The van der Waals surface area contributed by atoms with Crippen LogP contribution in [0, 0.1) is 0 Å². The second-order valence-electron chi connectivity index (χ2n) is 18.2. The number of furan rings is 1. The highest BCUT2D eigenvalue weighted by molar-refractivity contribution is 6.27. The first-order chi connectivity index (χ1) is 33.8. The van der Waals surface area contributed by atoms with Gasteiger partial charge in [-0.3, -0.25) is 0 Å². The van der Waals surface area contributed by atoms with Crippen LogP contribution in [-0.4, -0.2) is 4.57 Å². The van der Waals surface area contributed by atoms with Crippen LogP contribution in [0.25, 0.3) is 93.6 Å². The van der Waals surface area contributed by atoms with Crippen molar-refractivity contribution in [1.29, 1.82) is 0 Å². The summed E-state index contributed by atoms with van der Waals surface area (Å²) < 4.78 is 9.07. The van der Waals surface area contributed by atoms with E-state index in [0.717, 1.165) is 61.1 Å². The molecule has 0 amide bonds. The molecule has 0 saturated carbocycles. The van der Waals surface area contributed by atoms with Crippen molar-refractivity contribution < 1.29 is 4.42 Å². The summed E-state index contributed by atoms with van der Waals surface area (Å²) in [6.45, 7) is 0. The molecule has 0 radical (unpaired) electrons. The third-order valence-corrected chi connectivity index (χ3v) is 15.0. The van der Waals surface area contributed by atoms with Crippen molar-refractivity contribution in [1.82, 2.24) is 4.57 Å². The van der Waals surface area contributed by atoms with E-state index in [9.17, 15) is 0 Å². The number of fused-ring (bicyclic) bond motifs is 18. The number of para-hydroxylation sites is 2. The van der Waals surface area contributed by atoms with Gasteiger partial charge < -0.3 is 13.9 Å². The third kappa shape index (κ3) is 4.87. The molecule has 2 aliphatic rings. The van der Waals surface area contributed by atoms with Gasteiger partial charge in [-0.1, -0.05) is 188 Å². The molecule has 3 nitrogen and oxygen atoms in total. The summed E-state index contributed by atoms with van der Waals surface area (Å²) in [5.74, 6) is 0. The van der Waals surface area contributed by atoms with Crippen molar-refractivity contribution >= 4 is 71.6 Å². The summed E-state index contributed by atoms with van der Waals surface area (Å²) in [6.07, 6.45) is 0. The van der Waals surface area contributed by atoms with E-state index in [1.807, 2.05) is 0 Å². The summed E-state index contributed by atoms with van der Waals surface area (Å²) in [6, 6.07) is 89.4. The fraction of sp³-hybridized carbons (Fsp3) is 0.0154. The van der Waals surface area contributed by atoms with Crippen LogP contribution in [0.4, 0.5) is 17.1 Å². The van der Waals surface area contributed by atoms with Crippen molar-refractivity contribution in [2.75, 3.05) is 4.90 Å². The first-order valence-corrected chi connectivity index (χ1v) is 23.5. The molecule has 15 rings (SSSR count). The van der Waals surface area contributed by atoms with Crippen molar-refractivity contribution in [2.24, 2.45) is 0 Å². The second-order valence-corrected chi connectivity index (χ2v) is 18.2. The van der Waals surface area contributed by atoms with E-state index < -0.39 is 5.41 Å². The lowest BCUT2D eigenvalue weighted by Crippen LogP contribution is -2.26. The van der Waals surface area contributed by atoms with Gasteiger partial charge in [-0.15, -0.1) is 0 Å². The average molecular weight is 865 g/mol. The summed E-state index contributed by atoms with van der Waals surface area (Å²) in [4.78, 5) is 2.59. The number of rotatable bonds is 5. The van der Waals surface area contributed by atoms with Crippen LogP contribution in [-0.2, 0) is 5.41 Å². The SMILES string of the molecule is c1ccc(-c2ccc(N(c3cccc4c3-c3ccccc3C43c4ccccc4-c4ccccc43)c3cccc4c3c3ccc5oc6ccccc6c5c3n4-c3ccccc3)c3ccccc23)cc1. The zero-order valence-corrected chi connectivity index (χ0v) is 36.9. The molecule has 2 aromatic heterocycles. The van der Waals surface area contributed by atoms with Gasteiger partial charge in [0.1, 0.15) is 11.2 Å². The molecule has 0 unspecified atom stereocenters. The highest BCUT2D eigenvalue weighted by Gasteiger charge is 2.52. The van der Waals surface area contributed by atoms with E-state index in [4.69, 9.17) is 4.42 Å². The van der Waals surface area contributed by atoms with Gasteiger partial charge in [0.25, 0.3) is 0 Å². The number of hydrogen-bond donors (Lipinski definition) is 0. The van der Waals surface area contributed by atoms with Gasteiger partial charge in [-0.25, -0.2) is 0 Å². The lowest BCUT2D eigenvalue weighted by Gasteiger charge is -2.32. The Labute approximate surface area is 393 Å². The minimum absolute atomic E-state index is 0.497. The Morgan fingerprint density at radius 1 is 0.338 bits per heavy atom. The van der Waals surface area contributed by atoms with Crippen LogP contribution in [0.5, 0.6) is 0 Å². The summed E-state index contributed by atoms with van der Waals surface area (Å²) in [7, 11) is 0. The van der Waals surface area contributed by atoms with E-state index in [1.54, 1.807) is 0 Å². The van der Waals surface area contributed by atoms with E-state index in [0.29, 0.717) is 0 Å². The standard InChI is InChI=1S/C65H40N2O/c1-3-19-41(20-4-1)43-37-39-55(47-26-8-7-23-44(43)47)67(56-33-17-32-54-61(56)48-27-11-15-31-53(48)65(54)51-29-13-9-24-45(51)46-25-10-14-30-52(46)65)58-35-18-34-57-62(58)50-38-40-60-63(49-28-12-16-36-59(49)68-60)64(50)66(57)42-21-5-2-6-22-42/h1-40H. The molecule has 0 saturated heterocycles. The Bertz CT molecular complexity index is 4170. The fourth-order valence-corrected chi connectivity index (χ4v) is 12.4. The molecule has 68 heavy (non-hydrogen) atoms. The molecule has 13 aromatic rings. The molecular formula is C65H40N2O. The molecule has 316 valence electrons. The molecule has 1 spiro atoms. The Hall–Kier alpha value is -8.92. The minimum atomic E-state index is -0.497. The van der Waals surface area contributed by atoms with E-state index in [2.05, 4.69) is 252 Å². The Kier molecular flexibility index (Phi) is 7.71. The molecular weight excluding hydrogens is 825 g/mol. The molecule has 0 fully saturated rings. The van der Waals surface area contributed by atoms with Crippen LogP contribution < -0.4 is 4.90 Å². The Morgan fingerprint density at radius 3 is 1.69 bits per heavy atom. The molecule has 0 aliphatic heterocycles. The molecule has 2 aliphatic carbocycles. The highest BCUT2D eigenvalue weighted by Crippen LogP contribution is 2.65. The maximum absolute atomic E-state index is 6.62. The number of hydrogen-bond acceptors (Lipinski definition) is 2. The molecule has 11 aromatic carbocycles. The zero-order valence-electron chi connectivity index (χ0n) is 36.9. The lowest BCUT2D eigenvalue weighted by atomic mass is 9.70. The molecule has 0 bridgehead atoms. The topological polar surface area (TPSA) is 21.3 Å². The van der Waals surface area contributed by atoms with Crippen molar-refractivity contribution in [2.45, 2.75) is 5.41 Å². The van der Waals surface area contributed by atoms with E-state index in [-0.39, 0.29) is 0 Å². The van der Waals surface area contributed by atoms with Crippen molar-refractivity contribution in [3.8, 4) is 39.1 Å². The Balaban J connectivity index is 1.11. The van der Waals surface area contributed by atoms with Gasteiger partial charge in [0.05, 0.1) is 38.9 Å². The van der Waals surface area contributed by atoms with Gasteiger partial charge in [-0.05, 0) is 110 Å². The van der Waals surface area contributed by atoms with Crippen molar-refractivity contribution in [3.63, 3.8) is 0 Å². The third-order valence-electron chi connectivity index (χ3n) is 15.0. The molecule has 3 heteroatoms. The van der Waals surface area contributed by atoms with Crippen LogP contribution in [0.1, 0.15) is 22.3 Å². The first kappa shape index (κ1) is 37.3. The van der Waals surface area contributed by atoms with Gasteiger partial charge in [0, 0.05) is 32.8 Å². The highest BCUT2D eigenvalue weighted by atomic mass is 16.3. The van der Waals surface area contributed by atoms with Crippen LogP contribution in [0.15, 0.2) is 247 Å². The van der Waals surface area contributed by atoms with Gasteiger partial charge in [0.2, 0.25) is 0 Å². The molecule has 0 atom stereocenters. The van der Waals surface area contributed by atoms with E-state index in [1.165, 1.54) is 71.8 Å². The van der Waals surface area contributed by atoms with Crippen LogP contribution in [0.3, 0.4) is 0 Å². The second kappa shape index (κ2) is 14.0. The summed E-state index contributed by atoms with van der Waals surface area (Å²) >= 11 is 0. The number of nitrogens with zero attached hydrogens (tertiary/aromatic N) is 2. The predicted molar refractivity (Wildman–Crippen MR) is 282 cm³/mol. The van der Waals surface area contributed by atoms with Crippen molar-refractivity contribution in [3.05, 3.63) is 265 Å². The lowest BCUT2D eigenvalue weighted by molar-refractivity contribution is 0.669. The number of aromatic nitrogens is 1. The summed E-state index contributed by atoms with van der Waals surface area (Å²) in [5, 5.41) is 6.93. The van der Waals surface area contributed by atoms with Gasteiger partial charge in [0.15, 0.2) is 0 Å². The van der Waals surface area contributed by atoms with Crippen LogP contribution >= 0.6 is 0 Å². The predicted octanol–water partition coefficient (Wildman–Crippen LogP) is 17.3. The van der Waals surface area contributed by atoms with Gasteiger partial charge in [-0.2, -0.15) is 0 Å². The molecule has 2 heterocycles. The summed E-state index contributed by atoms with van der Waals surface area (Å²) in [5.41, 5.74) is 20.7. The average Bonchev–Trinajstić information content (AvgIpc) is 4.13. The zero-order chi connectivity index (χ0) is 44.5. The smallest absolute Gasteiger partial charge is 0.137 e. The number of anilines is 3. The quantitative estimate of drug-likeness (QED) is 0.172. The van der Waals surface area contributed by atoms with E-state index >= 15 is 0 Å². The Morgan fingerprint density at radius 2 is 0.926 bits per heavy atom. The number of benzene rings is 11. The maximum atomic E-state index is 6.62. The van der Waals surface area contributed by atoms with Gasteiger partial charge >= 0.3 is 0 Å². The largest absolute Gasteiger partial charge is 0.456 e. The molecule has 0 N–H and O–H groups in total. The monoisotopic (exact) mass is 864 g/mol. The minimum Gasteiger partial charge on any atom is -0.456 e. The normalized spacial score (nSPS) is 13.1. The fourth-order valence-electron chi connectivity index (χ4n) is 12.4. The van der Waals surface area contributed by atoms with Crippen LogP contribution in [0.2, 0.25) is 0 Å². The first-order valence-electron chi connectivity index (χ1n) is 23.5. The maximum Gasteiger partial charge on any atom is 0.137 e.